The van der Waals surface area contributed by atoms with Crippen molar-refractivity contribution in [1.82, 2.24) is 0 Å². The highest BCUT2D eigenvalue weighted by Crippen LogP contribution is 2.24. The third-order valence-electron chi connectivity index (χ3n) is 3.27. The molecule has 0 unspecified atom stereocenters. The average molecular weight is 432 g/mol. The van der Waals surface area contributed by atoms with Crippen molar-refractivity contribution in [2.75, 3.05) is 0 Å². The van der Waals surface area contributed by atoms with Crippen LogP contribution < -0.4 is 4.74 Å². The molecular formula is C19H12Br2O2. The van der Waals surface area contributed by atoms with E-state index in [1.54, 1.807) is 36.4 Å². The van der Waals surface area contributed by atoms with Gasteiger partial charge < -0.3 is 4.74 Å². The van der Waals surface area contributed by atoms with Gasteiger partial charge in [0, 0.05) is 20.1 Å². The van der Waals surface area contributed by atoms with Crippen LogP contribution >= 0.6 is 31.9 Å². The van der Waals surface area contributed by atoms with Crippen LogP contribution in [0, 0.1) is 0 Å². The number of rotatable bonds is 4. The highest BCUT2D eigenvalue weighted by molar-refractivity contribution is 9.10. The van der Waals surface area contributed by atoms with Gasteiger partial charge in [0.2, 0.25) is 0 Å². The van der Waals surface area contributed by atoms with E-state index < -0.39 is 0 Å². The van der Waals surface area contributed by atoms with Crippen LogP contribution in [-0.4, -0.2) is 5.78 Å². The molecule has 23 heavy (non-hydrogen) atoms. The van der Waals surface area contributed by atoms with Crippen molar-refractivity contribution < 1.29 is 9.53 Å². The Morgan fingerprint density at radius 3 is 1.43 bits per heavy atom. The van der Waals surface area contributed by atoms with Crippen LogP contribution in [0.3, 0.4) is 0 Å². The molecule has 0 saturated heterocycles. The van der Waals surface area contributed by atoms with E-state index >= 15 is 0 Å². The molecule has 114 valence electrons. The van der Waals surface area contributed by atoms with Gasteiger partial charge >= 0.3 is 0 Å². The Hall–Kier alpha value is -1.91. The first-order chi connectivity index (χ1) is 11.1. The van der Waals surface area contributed by atoms with Crippen molar-refractivity contribution >= 4 is 37.6 Å². The number of carbonyl (C=O) groups is 1. The summed E-state index contributed by atoms with van der Waals surface area (Å²) in [7, 11) is 0. The molecule has 0 aliphatic carbocycles. The zero-order valence-electron chi connectivity index (χ0n) is 12.0. The first kappa shape index (κ1) is 16.0. The largest absolute Gasteiger partial charge is 0.457 e. The van der Waals surface area contributed by atoms with Gasteiger partial charge in [-0.1, -0.05) is 31.9 Å². The Balaban J connectivity index is 1.75. The minimum atomic E-state index is -0.00677. The van der Waals surface area contributed by atoms with Gasteiger partial charge in [0.25, 0.3) is 0 Å². The second-order valence-electron chi connectivity index (χ2n) is 4.92. The van der Waals surface area contributed by atoms with Crippen LogP contribution in [0.5, 0.6) is 11.5 Å². The molecule has 0 bridgehead atoms. The van der Waals surface area contributed by atoms with E-state index in [1.165, 1.54) is 0 Å². The molecule has 0 saturated carbocycles. The zero-order chi connectivity index (χ0) is 16.2. The molecule has 0 amide bonds. The first-order valence-corrected chi connectivity index (χ1v) is 8.54. The number of carbonyl (C=O) groups excluding carboxylic acids is 1. The highest BCUT2D eigenvalue weighted by Gasteiger charge is 2.09. The normalized spacial score (nSPS) is 10.3. The van der Waals surface area contributed by atoms with Crippen molar-refractivity contribution in [3.8, 4) is 11.5 Å². The van der Waals surface area contributed by atoms with Gasteiger partial charge in [-0.2, -0.15) is 0 Å². The van der Waals surface area contributed by atoms with Gasteiger partial charge in [-0.05, 0) is 72.8 Å². The molecule has 3 rings (SSSR count). The fraction of sp³-hybridized carbons (Fsp3) is 0. The smallest absolute Gasteiger partial charge is 0.193 e. The third kappa shape index (κ3) is 4.09. The van der Waals surface area contributed by atoms with Crippen LogP contribution in [-0.2, 0) is 0 Å². The molecule has 0 atom stereocenters. The van der Waals surface area contributed by atoms with Crippen LogP contribution in [0.25, 0.3) is 0 Å². The molecule has 0 spiro atoms. The van der Waals surface area contributed by atoms with Crippen LogP contribution in [0.2, 0.25) is 0 Å². The lowest BCUT2D eigenvalue weighted by molar-refractivity contribution is 0.103. The van der Waals surface area contributed by atoms with Crippen molar-refractivity contribution in [2.45, 2.75) is 0 Å². The number of hydrogen-bond donors (Lipinski definition) is 0. The molecule has 0 aliphatic heterocycles. The van der Waals surface area contributed by atoms with Gasteiger partial charge in [-0.15, -0.1) is 0 Å². The summed E-state index contributed by atoms with van der Waals surface area (Å²) in [6, 6.07) is 22.1. The molecule has 4 heteroatoms. The summed E-state index contributed by atoms with van der Waals surface area (Å²) in [6.07, 6.45) is 0. The summed E-state index contributed by atoms with van der Waals surface area (Å²) in [5, 5.41) is 0. The van der Waals surface area contributed by atoms with E-state index in [0.717, 1.165) is 14.7 Å². The summed E-state index contributed by atoms with van der Waals surface area (Å²) in [5.41, 5.74) is 1.30. The predicted octanol–water partition coefficient (Wildman–Crippen LogP) is 6.23. The number of ether oxygens (including phenoxy) is 1. The maximum Gasteiger partial charge on any atom is 0.193 e. The zero-order valence-corrected chi connectivity index (χ0v) is 15.2. The predicted molar refractivity (Wildman–Crippen MR) is 98.2 cm³/mol. The summed E-state index contributed by atoms with van der Waals surface area (Å²) in [4.78, 5) is 12.4. The Morgan fingerprint density at radius 2 is 0.957 bits per heavy atom. The molecular weight excluding hydrogens is 420 g/mol. The molecule has 0 N–H and O–H groups in total. The fourth-order valence-electron chi connectivity index (χ4n) is 2.08. The van der Waals surface area contributed by atoms with Crippen LogP contribution in [0.15, 0.2) is 81.7 Å². The van der Waals surface area contributed by atoms with E-state index in [-0.39, 0.29) is 5.78 Å². The lowest BCUT2D eigenvalue weighted by atomic mass is 10.0. The maximum atomic E-state index is 12.4. The van der Waals surface area contributed by atoms with Gasteiger partial charge in [0.05, 0.1) is 0 Å². The molecule has 3 aromatic rings. The first-order valence-electron chi connectivity index (χ1n) is 6.95. The molecule has 0 heterocycles. The standard InChI is InChI=1S/C19H12Br2O2/c20-15-5-1-13(2-6-15)19(22)14-3-9-17(10-4-14)23-18-11-7-16(21)8-12-18/h1-12H. The van der Waals surface area contributed by atoms with Gasteiger partial charge in [-0.25, -0.2) is 0 Å². The lowest BCUT2D eigenvalue weighted by Gasteiger charge is -2.07. The second-order valence-corrected chi connectivity index (χ2v) is 6.75. The fourth-order valence-corrected chi connectivity index (χ4v) is 2.61. The molecule has 0 radical (unpaired) electrons. The number of halogens is 2. The molecule has 0 fully saturated rings. The maximum absolute atomic E-state index is 12.4. The van der Waals surface area contributed by atoms with E-state index in [4.69, 9.17) is 4.74 Å². The Labute approximate surface area is 151 Å². The van der Waals surface area contributed by atoms with Crippen molar-refractivity contribution in [3.63, 3.8) is 0 Å². The van der Waals surface area contributed by atoms with Crippen molar-refractivity contribution in [2.24, 2.45) is 0 Å². The minimum absolute atomic E-state index is 0.00677. The number of benzene rings is 3. The monoisotopic (exact) mass is 430 g/mol. The second kappa shape index (κ2) is 7.11. The average Bonchev–Trinajstić information content (AvgIpc) is 2.58. The van der Waals surface area contributed by atoms with E-state index in [1.807, 2.05) is 36.4 Å². The van der Waals surface area contributed by atoms with E-state index in [2.05, 4.69) is 31.9 Å². The van der Waals surface area contributed by atoms with Gasteiger partial charge in [0.1, 0.15) is 11.5 Å². The molecule has 0 aliphatic rings. The topological polar surface area (TPSA) is 26.3 Å². The highest BCUT2D eigenvalue weighted by atomic mass is 79.9. The van der Waals surface area contributed by atoms with Gasteiger partial charge in [0.15, 0.2) is 5.78 Å². The molecule has 2 nitrogen and oxygen atoms in total. The summed E-state index contributed by atoms with van der Waals surface area (Å²) >= 11 is 6.75. The van der Waals surface area contributed by atoms with Crippen LogP contribution in [0.4, 0.5) is 0 Å². The van der Waals surface area contributed by atoms with E-state index in [0.29, 0.717) is 16.9 Å². The third-order valence-corrected chi connectivity index (χ3v) is 4.33. The molecule has 3 aromatic carbocycles. The summed E-state index contributed by atoms with van der Waals surface area (Å²) < 4.78 is 7.70. The number of hydrogen-bond acceptors (Lipinski definition) is 2. The minimum Gasteiger partial charge on any atom is -0.457 e. The quantitative estimate of drug-likeness (QED) is 0.457. The van der Waals surface area contributed by atoms with E-state index in [9.17, 15) is 4.79 Å². The summed E-state index contributed by atoms with van der Waals surface area (Å²) in [5.74, 6) is 1.44. The Morgan fingerprint density at radius 1 is 0.609 bits per heavy atom. The molecule has 0 aromatic heterocycles. The van der Waals surface area contributed by atoms with Crippen molar-refractivity contribution in [3.05, 3.63) is 92.9 Å². The van der Waals surface area contributed by atoms with Gasteiger partial charge in [-0.3, -0.25) is 4.79 Å². The summed E-state index contributed by atoms with van der Waals surface area (Å²) in [6.45, 7) is 0. The SMILES string of the molecule is O=C(c1ccc(Br)cc1)c1ccc(Oc2ccc(Br)cc2)cc1. The Bertz CT molecular complexity index is 807. The Kier molecular flexibility index (Phi) is 4.94. The van der Waals surface area contributed by atoms with Crippen molar-refractivity contribution in [1.29, 1.82) is 0 Å². The lowest BCUT2D eigenvalue weighted by Crippen LogP contribution is -2.00. The van der Waals surface area contributed by atoms with Crippen LogP contribution in [0.1, 0.15) is 15.9 Å². The number of ketones is 1.